The van der Waals surface area contributed by atoms with Gasteiger partial charge in [0.1, 0.15) is 5.75 Å². The number of aromatic nitrogens is 1. The molecular formula is C8H9F2NO. The second kappa shape index (κ2) is 3.99. The van der Waals surface area contributed by atoms with Gasteiger partial charge in [0.2, 0.25) is 0 Å². The number of ether oxygens (including phenoxy) is 1. The first-order valence-electron chi connectivity index (χ1n) is 3.62. The van der Waals surface area contributed by atoms with Gasteiger partial charge in [-0.3, -0.25) is 4.98 Å². The summed E-state index contributed by atoms with van der Waals surface area (Å²) in [6.07, 6.45) is 2.08. The van der Waals surface area contributed by atoms with Gasteiger partial charge in [-0.25, -0.2) is 0 Å². The van der Waals surface area contributed by atoms with Gasteiger partial charge >= 0.3 is 6.61 Å². The fourth-order valence-electron chi connectivity index (χ4n) is 0.793. The fraction of sp³-hybridized carbons (Fsp3) is 0.375. The molecule has 0 aliphatic carbocycles. The average molecular weight is 173 g/mol. The van der Waals surface area contributed by atoms with Crippen LogP contribution in [0.15, 0.2) is 18.3 Å². The number of hydrogen-bond donors (Lipinski definition) is 0. The molecule has 0 saturated heterocycles. The standard InChI is InChI=1S/C8H9F2NO/c1-2-6-3-4-7(5-11-6)12-8(9)10/h3-5,8H,2H2,1H3. The van der Waals surface area contributed by atoms with E-state index < -0.39 is 6.61 Å². The SMILES string of the molecule is CCc1ccc(OC(F)F)cn1. The van der Waals surface area contributed by atoms with E-state index in [0.29, 0.717) is 0 Å². The monoisotopic (exact) mass is 173 g/mol. The van der Waals surface area contributed by atoms with Gasteiger partial charge in [-0.15, -0.1) is 0 Å². The van der Waals surface area contributed by atoms with E-state index in [4.69, 9.17) is 0 Å². The average Bonchev–Trinajstić information content (AvgIpc) is 2.05. The summed E-state index contributed by atoms with van der Waals surface area (Å²) in [5.41, 5.74) is 0.858. The van der Waals surface area contributed by atoms with Crippen molar-refractivity contribution in [3.05, 3.63) is 24.0 Å². The lowest BCUT2D eigenvalue weighted by atomic mass is 10.3. The van der Waals surface area contributed by atoms with Crippen LogP contribution >= 0.6 is 0 Å². The first-order chi connectivity index (χ1) is 5.72. The molecule has 0 bridgehead atoms. The molecule has 0 aliphatic heterocycles. The number of halogens is 2. The Morgan fingerprint density at radius 2 is 2.25 bits per heavy atom. The Morgan fingerprint density at radius 3 is 2.67 bits per heavy atom. The summed E-state index contributed by atoms with van der Waals surface area (Å²) in [7, 11) is 0. The number of pyridine rings is 1. The highest BCUT2D eigenvalue weighted by atomic mass is 19.3. The fourth-order valence-corrected chi connectivity index (χ4v) is 0.793. The van der Waals surface area contributed by atoms with Crippen molar-refractivity contribution >= 4 is 0 Å². The third-order valence-corrected chi connectivity index (χ3v) is 1.39. The van der Waals surface area contributed by atoms with Crippen molar-refractivity contribution in [1.82, 2.24) is 4.98 Å². The van der Waals surface area contributed by atoms with Crippen LogP contribution in [-0.2, 0) is 6.42 Å². The summed E-state index contributed by atoms with van der Waals surface area (Å²) in [6, 6.07) is 3.15. The van der Waals surface area contributed by atoms with Gasteiger partial charge in [-0.05, 0) is 18.6 Å². The maximum atomic E-state index is 11.7. The summed E-state index contributed by atoms with van der Waals surface area (Å²) in [6.45, 7) is -0.838. The number of nitrogens with zero attached hydrogens (tertiary/aromatic N) is 1. The Bertz CT molecular complexity index is 235. The molecule has 1 rings (SSSR count). The predicted molar refractivity (Wildman–Crippen MR) is 40.2 cm³/mol. The van der Waals surface area contributed by atoms with Crippen LogP contribution < -0.4 is 4.74 Å². The van der Waals surface area contributed by atoms with Crippen LogP contribution in [0.25, 0.3) is 0 Å². The van der Waals surface area contributed by atoms with Gasteiger partial charge in [0.05, 0.1) is 6.20 Å². The molecule has 0 atom stereocenters. The van der Waals surface area contributed by atoms with E-state index in [-0.39, 0.29) is 5.75 Å². The lowest BCUT2D eigenvalue weighted by Crippen LogP contribution is -2.02. The van der Waals surface area contributed by atoms with E-state index in [2.05, 4.69) is 9.72 Å². The molecule has 0 radical (unpaired) electrons. The maximum Gasteiger partial charge on any atom is 0.387 e. The van der Waals surface area contributed by atoms with Crippen LogP contribution in [-0.4, -0.2) is 11.6 Å². The van der Waals surface area contributed by atoms with Crippen molar-refractivity contribution in [2.45, 2.75) is 20.0 Å². The number of aryl methyl sites for hydroxylation is 1. The second-order valence-corrected chi connectivity index (χ2v) is 2.22. The highest BCUT2D eigenvalue weighted by molar-refractivity contribution is 5.19. The van der Waals surface area contributed by atoms with E-state index in [1.807, 2.05) is 6.92 Å². The highest BCUT2D eigenvalue weighted by Crippen LogP contribution is 2.12. The molecule has 0 aromatic carbocycles. The minimum Gasteiger partial charge on any atom is -0.433 e. The molecule has 12 heavy (non-hydrogen) atoms. The Labute approximate surface area is 69.2 Å². The van der Waals surface area contributed by atoms with Crippen molar-refractivity contribution in [3.63, 3.8) is 0 Å². The Hall–Kier alpha value is -1.19. The lowest BCUT2D eigenvalue weighted by Gasteiger charge is -2.03. The van der Waals surface area contributed by atoms with E-state index >= 15 is 0 Å². The molecule has 66 valence electrons. The number of rotatable bonds is 3. The Balaban J connectivity index is 2.65. The molecule has 0 unspecified atom stereocenters. The Kier molecular flexibility index (Phi) is 2.96. The first kappa shape index (κ1) is 8.90. The summed E-state index contributed by atoms with van der Waals surface area (Å²) < 4.78 is 27.4. The first-order valence-corrected chi connectivity index (χ1v) is 3.62. The molecule has 2 nitrogen and oxygen atoms in total. The maximum absolute atomic E-state index is 11.7. The van der Waals surface area contributed by atoms with Gasteiger partial charge < -0.3 is 4.74 Å². The molecule has 0 spiro atoms. The third kappa shape index (κ3) is 2.45. The van der Waals surface area contributed by atoms with Crippen LogP contribution in [0.1, 0.15) is 12.6 Å². The summed E-state index contributed by atoms with van der Waals surface area (Å²) in [5.74, 6) is 0.0993. The van der Waals surface area contributed by atoms with E-state index in [1.54, 1.807) is 6.07 Å². The van der Waals surface area contributed by atoms with Crippen molar-refractivity contribution < 1.29 is 13.5 Å². The summed E-state index contributed by atoms with van der Waals surface area (Å²) in [4.78, 5) is 3.89. The lowest BCUT2D eigenvalue weighted by molar-refractivity contribution is -0.0500. The van der Waals surface area contributed by atoms with Crippen LogP contribution in [0, 0.1) is 0 Å². The zero-order valence-corrected chi connectivity index (χ0v) is 6.63. The van der Waals surface area contributed by atoms with E-state index in [0.717, 1.165) is 12.1 Å². The van der Waals surface area contributed by atoms with Crippen LogP contribution in [0.5, 0.6) is 5.75 Å². The van der Waals surface area contributed by atoms with Gasteiger partial charge in [-0.1, -0.05) is 6.92 Å². The number of hydrogen-bond acceptors (Lipinski definition) is 2. The molecule has 1 aromatic rings. The molecule has 0 fully saturated rings. The molecule has 0 aliphatic rings. The molecular weight excluding hydrogens is 164 g/mol. The largest absolute Gasteiger partial charge is 0.433 e. The summed E-state index contributed by atoms with van der Waals surface area (Å²) in [5, 5.41) is 0. The van der Waals surface area contributed by atoms with Crippen LogP contribution in [0.3, 0.4) is 0 Å². The summed E-state index contributed by atoms with van der Waals surface area (Å²) >= 11 is 0. The van der Waals surface area contributed by atoms with Crippen LogP contribution in [0.2, 0.25) is 0 Å². The second-order valence-electron chi connectivity index (χ2n) is 2.22. The quantitative estimate of drug-likeness (QED) is 0.699. The highest BCUT2D eigenvalue weighted by Gasteiger charge is 2.03. The molecule has 0 N–H and O–H groups in total. The zero-order chi connectivity index (χ0) is 8.97. The van der Waals surface area contributed by atoms with Gasteiger partial charge in [0.25, 0.3) is 0 Å². The minimum absolute atomic E-state index is 0.0993. The third-order valence-electron chi connectivity index (χ3n) is 1.39. The minimum atomic E-state index is -2.78. The van der Waals surface area contributed by atoms with E-state index in [9.17, 15) is 8.78 Å². The molecule has 0 saturated carbocycles. The van der Waals surface area contributed by atoms with E-state index in [1.165, 1.54) is 12.3 Å². The van der Waals surface area contributed by atoms with Gasteiger partial charge in [0.15, 0.2) is 0 Å². The van der Waals surface area contributed by atoms with Gasteiger partial charge in [-0.2, -0.15) is 8.78 Å². The van der Waals surface area contributed by atoms with Crippen LogP contribution in [0.4, 0.5) is 8.78 Å². The number of alkyl halides is 2. The van der Waals surface area contributed by atoms with Crippen molar-refractivity contribution in [2.24, 2.45) is 0 Å². The van der Waals surface area contributed by atoms with Crippen molar-refractivity contribution in [1.29, 1.82) is 0 Å². The smallest absolute Gasteiger partial charge is 0.387 e. The normalized spacial score (nSPS) is 10.3. The molecule has 4 heteroatoms. The van der Waals surface area contributed by atoms with Crippen molar-refractivity contribution in [3.8, 4) is 5.75 Å². The molecule has 1 aromatic heterocycles. The molecule has 1 heterocycles. The Morgan fingerprint density at radius 1 is 1.50 bits per heavy atom. The molecule has 0 amide bonds. The van der Waals surface area contributed by atoms with Gasteiger partial charge in [0, 0.05) is 5.69 Å². The zero-order valence-electron chi connectivity index (χ0n) is 6.63. The van der Waals surface area contributed by atoms with Crippen molar-refractivity contribution in [2.75, 3.05) is 0 Å². The predicted octanol–water partition coefficient (Wildman–Crippen LogP) is 2.25. The topological polar surface area (TPSA) is 22.1 Å².